The van der Waals surface area contributed by atoms with Crippen molar-refractivity contribution < 1.29 is 9.36 Å². The molecule has 0 spiro atoms. The molecule has 0 atom stereocenters. The second kappa shape index (κ2) is 4.99. The fourth-order valence-corrected chi connectivity index (χ4v) is 3.58. The standard InChI is InChI=1S/C17H19N2O2P/c1-10-7-11(2)18-15(10)9-14-13-6-5-12(22(3,4)21)8-16(13)19-17(14)20/h5-9,18H,1-4H3,(H,19,20)/b14-9+. The number of benzene rings is 1. The van der Waals surface area contributed by atoms with Gasteiger partial charge in [0.25, 0.3) is 5.91 Å². The van der Waals surface area contributed by atoms with E-state index in [-0.39, 0.29) is 5.91 Å². The number of H-pyrrole nitrogens is 1. The summed E-state index contributed by atoms with van der Waals surface area (Å²) >= 11 is 0. The molecule has 2 aromatic rings. The molecule has 5 heteroatoms. The molecule has 114 valence electrons. The number of hydrogen-bond acceptors (Lipinski definition) is 2. The van der Waals surface area contributed by atoms with Crippen molar-refractivity contribution in [3.63, 3.8) is 0 Å². The molecule has 2 heterocycles. The van der Waals surface area contributed by atoms with E-state index in [9.17, 15) is 9.36 Å². The highest BCUT2D eigenvalue weighted by Crippen LogP contribution is 2.39. The van der Waals surface area contributed by atoms with Crippen molar-refractivity contribution in [2.24, 2.45) is 0 Å². The smallest absolute Gasteiger partial charge is 0.256 e. The lowest BCUT2D eigenvalue weighted by Gasteiger charge is -2.08. The van der Waals surface area contributed by atoms with Crippen molar-refractivity contribution in [3.8, 4) is 0 Å². The maximum atomic E-state index is 12.3. The third-order valence-electron chi connectivity index (χ3n) is 3.89. The van der Waals surface area contributed by atoms with E-state index < -0.39 is 7.14 Å². The monoisotopic (exact) mass is 314 g/mol. The van der Waals surface area contributed by atoms with E-state index >= 15 is 0 Å². The van der Waals surface area contributed by atoms with Crippen molar-refractivity contribution in [2.45, 2.75) is 13.8 Å². The number of aromatic nitrogens is 1. The largest absolute Gasteiger partial charge is 0.359 e. The number of aryl methyl sites for hydroxylation is 2. The Morgan fingerprint density at radius 2 is 1.86 bits per heavy atom. The van der Waals surface area contributed by atoms with Gasteiger partial charge >= 0.3 is 0 Å². The van der Waals surface area contributed by atoms with Gasteiger partial charge in [-0.25, -0.2) is 0 Å². The van der Waals surface area contributed by atoms with E-state index in [4.69, 9.17) is 0 Å². The van der Waals surface area contributed by atoms with Gasteiger partial charge in [-0.15, -0.1) is 0 Å². The molecule has 0 saturated carbocycles. The van der Waals surface area contributed by atoms with Crippen LogP contribution in [-0.4, -0.2) is 24.2 Å². The molecule has 1 amide bonds. The Labute approximate surface area is 130 Å². The zero-order valence-corrected chi connectivity index (χ0v) is 14.0. The minimum absolute atomic E-state index is 0.124. The minimum atomic E-state index is -2.34. The molecular weight excluding hydrogens is 295 g/mol. The number of nitrogens with one attached hydrogen (secondary N) is 2. The number of fused-ring (bicyclic) bond motifs is 1. The summed E-state index contributed by atoms with van der Waals surface area (Å²) in [6.07, 6.45) is 1.88. The number of rotatable bonds is 2. The highest BCUT2D eigenvalue weighted by atomic mass is 31.2. The lowest BCUT2D eigenvalue weighted by atomic mass is 10.1. The predicted octanol–water partition coefficient (Wildman–Crippen LogP) is 3.37. The van der Waals surface area contributed by atoms with Crippen molar-refractivity contribution in [1.29, 1.82) is 0 Å². The molecule has 22 heavy (non-hydrogen) atoms. The third-order valence-corrected chi connectivity index (χ3v) is 5.41. The molecule has 2 N–H and O–H groups in total. The maximum absolute atomic E-state index is 12.3. The summed E-state index contributed by atoms with van der Waals surface area (Å²) in [5.74, 6) is -0.124. The van der Waals surface area contributed by atoms with Crippen LogP contribution in [0.1, 0.15) is 22.5 Å². The zero-order valence-electron chi connectivity index (χ0n) is 13.2. The van der Waals surface area contributed by atoms with Crippen molar-refractivity contribution in [1.82, 2.24) is 4.98 Å². The first-order valence-electron chi connectivity index (χ1n) is 7.15. The molecule has 1 aromatic heterocycles. The number of carbonyl (C=O) groups excluding carboxylic acids is 1. The summed E-state index contributed by atoms with van der Waals surface area (Å²) < 4.78 is 12.2. The number of hydrogen-bond donors (Lipinski definition) is 2. The van der Waals surface area contributed by atoms with Crippen molar-refractivity contribution in [3.05, 3.63) is 46.8 Å². The first-order valence-corrected chi connectivity index (χ1v) is 9.75. The number of aromatic amines is 1. The molecule has 4 nitrogen and oxygen atoms in total. The van der Waals surface area contributed by atoms with Gasteiger partial charge in [0.05, 0.1) is 5.57 Å². The van der Waals surface area contributed by atoms with Gasteiger partial charge < -0.3 is 14.9 Å². The third kappa shape index (κ3) is 2.55. The molecule has 0 bridgehead atoms. The Hall–Kier alpha value is -2.06. The van der Waals surface area contributed by atoms with E-state index in [1.165, 1.54) is 0 Å². The first kappa shape index (κ1) is 14.9. The van der Waals surface area contributed by atoms with Crippen LogP contribution in [0.25, 0.3) is 11.6 Å². The van der Waals surface area contributed by atoms with E-state index in [1.807, 2.05) is 44.2 Å². The van der Waals surface area contributed by atoms with Crippen LogP contribution in [0.3, 0.4) is 0 Å². The SMILES string of the molecule is Cc1cc(C)c(/C=C2/C(=O)Nc3cc(P(C)(C)=O)ccc32)[nH]1. The van der Waals surface area contributed by atoms with Gasteiger partial charge in [0.1, 0.15) is 7.14 Å². The number of carbonyl (C=O) groups is 1. The normalized spacial score (nSPS) is 16.0. The Bertz CT molecular complexity index is 856. The lowest BCUT2D eigenvalue weighted by Crippen LogP contribution is -2.06. The minimum Gasteiger partial charge on any atom is -0.359 e. The van der Waals surface area contributed by atoms with Gasteiger partial charge in [-0.05, 0) is 50.9 Å². The first-order chi connectivity index (χ1) is 10.3. The summed E-state index contributed by atoms with van der Waals surface area (Å²) in [7, 11) is -2.34. The Morgan fingerprint density at radius 1 is 1.14 bits per heavy atom. The Morgan fingerprint density at radius 3 is 2.45 bits per heavy atom. The number of anilines is 1. The van der Waals surface area contributed by atoms with Crippen LogP contribution in [0, 0.1) is 13.8 Å². The van der Waals surface area contributed by atoms with E-state index in [2.05, 4.69) is 10.3 Å². The Balaban J connectivity index is 2.09. The fraction of sp³-hybridized carbons (Fsp3) is 0.235. The summed E-state index contributed by atoms with van der Waals surface area (Å²) in [5.41, 5.74) is 5.34. The van der Waals surface area contributed by atoms with Crippen LogP contribution in [0.15, 0.2) is 24.3 Å². The molecule has 0 unspecified atom stereocenters. The van der Waals surface area contributed by atoms with Crippen LogP contribution in [0.5, 0.6) is 0 Å². The van der Waals surface area contributed by atoms with Gasteiger partial charge in [-0.2, -0.15) is 0 Å². The van der Waals surface area contributed by atoms with Gasteiger partial charge in [0.2, 0.25) is 0 Å². The molecule has 1 aliphatic rings. The second-order valence-corrected chi connectivity index (χ2v) is 9.36. The molecule has 0 fully saturated rings. The lowest BCUT2D eigenvalue weighted by molar-refractivity contribution is -0.110. The molecule has 0 radical (unpaired) electrons. The zero-order chi connectivity index (χ0) is 16.1. The topological polar surface area (TPSA) is 62.0 Å². The van der Waals surface area contributed by atoms with Crippen LogP contribution in [-0.2, 0) is 9.36 Å². The summed E-state index contributed by atoms with van der Waals surface area (Å²) in [6, 6.07) is 7.59. The predicted molar refractivity (Wildman–Crippen MR) is 92.3 cm³/mol. The fourth-order valence-electron chi connectivity index (χ4n) is 2.70. The Kier molecular flexibility index (Phi) is 3.37. The van der Waals surface area contributed by atoms with Crippen molar-refractivity contribution in [2.75, 3.05) is 18.6 Å². The van der Waals surface area contributed by atoms with E-state index in [0.29, 0.717) is 5.57 Å². The number of amides is 1. The molecule has 3 rings (SSSR count). The van der Waals surface area contributed by atoms with E-state index in [1.54, 1.807) is 13.3 Å². The molecule has 0 saturated heterocycles. The average molecular weight is 314 g/mol. The molecule has 0 aliphatic carbocycles. The van der Waals surface area contributed by atoms with Crippen LogP contribution < -0.4 is 10.6 Å². The quantitative estimate of drug-likeness (QED) is 0.659. The van der Waals surface area contributed by atoms with Crippen LogP contribution in [0.2, 0.25) is 0 Å². The maximum Gasteiger partial charge on any atom is 0.256 e. The van der Waals surface area contributed by atoms with Crippen LogP contribution >= 0.6 is 7.14 Å². The van der Waals surface area contributed by atoms with Crippen molar-refractivity contribution >= 4 is 35.7 Å². The van der Waals surface area contributed by atoms with Gasteiger partial charge in [0, 0.05) is 27.9 Å². The average Bonchev–Trinajstić information content (AvgIpc) is 2.89. The highest BCUT2D eigenvalue weighted by Gasteiger charge is 2.26. The van der Waals surface area contributed by atoms with Gasteiger partial charge in [-0.3, -0.25) is 4.79 Å². The molecule has 1 aromatic carbocycles. The summed E-state index contributed by atoms with van der Waals surface area (Å²) in [4.78, 5) is 15.5. The van der Waals surface area contributed by atoms with Gasteiger partial charge in [-0.1, -0.05) is 12.1 Å². The van der Waals surface area contributed by atoms with E-state index in [0.717, 1.165) is 33.5 Å². The van der Waals surface area contributed by atoms with Gasteiger partial charge in [0.15, 0.2) is 0 Å². The molecule has 1 aliphatic heterocycles. The second-order valence-electron chi connectivity index (χ2n) is 6.14. The molecular formula is C17H19N2O2P. The summed E-state index contributed by atoms with van der Waals surface area (Å²) in [5, 5.41) is 3.64. The van der Waals surface area contributed by atoms with Crippen LogP contribution in [0.4, 0.5) is 5.69 Å². The summed E-state index contributed by atoms with van der Waals surface area (Å²) in [6.45, 7) is 7.46. The highest BCUT2D eigenvalue weighted by molar-refractivity contribution is 7.70.